The number of aromatic nitrogens is 3. The maximum absolute atomic E-state index is 12.8. The summed E-state index contributed by atoms with van der Waals surface area (Å²) in [5.74, 6) is -0.196. The molecule has 142 valence electrons. The van der Waals surface area contributed by atoms with Crippen molar-refractivity contribution in [1.29, 1.82) is 0 Å². The normalized spacial score (nSPS) is 11.2. The Morgan fingerprint density at radius 3 is 2.68 bits per heavy atom. The predicted octanol–water partition coefficient (Wildman–Crippen LogP) is 2.86. The first kappa shape index (κ1) is 18.0. The lowest BCUT2D eigenvalue weighted by Gasteiger charge is -2.07. The fraction of sp³-hybridized carbons (Fsp3) is 0.227. The lowest BCUT2D eigenvalue weighted by atomic mass is 10.1. The van der Waals surface area contributed by atoms with Crippen LogP contribution in [-0.2, 0) is 13.5 Å². The van der Waals surface area contributed by atoms with Gasteiger partial charge in [-0.3, -0.25) is 14.0 Å². The number of hydrogen-bond donors (Lipinski definition) is 1. The molecule has 0 spiro atoms. The Kier molecular flexibility index (Phi) is 4.69. The number of nitrogens with one attached hydrogen (secondary N) is 1. The summed E-state index contributed by atoms with van der Waals surface area (Å²) in [5, 5.41) is 3.39. The molecule has 6 heteroatoms. The lowest BCUT2D eigenvalue weighted by Crippen LogP contribution is -2.26. The van der Waals surface area contributed by atoms with E-state index in [1.54, 1.807) is 23.9 Å². The van der Waals surface area contributed by atoms with Crippen LogP contribution in [0.15, 0.2) is 59.5 Å². The molecule has 0 aliphatic heterocycles. The zero-order chi connectivity index (χ0) is 19.7. The molecule has 6 nitrogen and oxygen atoms in total. The van der Waals surface area contributed by atoms with E-state index in [0.717, 1.165) is 18.4 Å². The highest BCUT2D eigenvalue weighted by molar-refractivity contribution is 5.98. The molecule has 4 aromatic rings. The third kappa shape index (κ3) is 3.17. The van der Waals surface area contributed by atoms with Crippen molar-refractivity contribution in [3.63, 3.8) is 0 Å². The van der Waals surface area contributed by atoms with Gasteiger partial charge in [0.1, 0.15) is 17.0 Å². The van der Waals surface area contributed by atoms with E-state index in [1.165, 1.54) is 9.96 Å². The van der Waals surface area contributed by atoms with Gasteiger partial charge in [0.05, 0.1) is 5.39 Å². The minimum atomic E-state index is -0.196. The highest BCUT2D eigenvalue weighted by Crippen LogP contribution is 2.16. The average molecular weight is 374 g/mol. The van der Waals surface area contributed by atoms with Crippen LogP contribution in [0.5, 0.6) is 0 Å². The fourth-order valence-corrected chi connectivity index (χ4v) is 3.48. The van der Waals surface area contributed by atoms with Crippen molar-refractivity contribution in [2.24, 2.45) is 7.05 Å². The number of fused-ring (bicyclic) bond motifs is 2. The lowest BCUT2D eigenvalue weighted by molar-refractivity contribution is 0.0945. The van der Waals surface area contributed by atoms with Crippen LogP contribution < -0.4 is 10.9 Å². The number of nitrogens with zero attached hydrogens (tertiary/aromatic N) is 3. The third-order valence-electron chi connectivity index (χ3n) is 5.03. The van der Waals surface area contributed by atoms with Gasteiger partial charge in [-0.2, -0.15) is 0 Å². The zero-order valence-electron chi connectivity index (χ0n) is 16.0. The molecule has 0 unspecified atom stereocenters. The van der Waals surface area contributed by atoms with Crippen LogP contribution in [0.1, 0.15) is 28.0 Å². The summed E-state index contributed by atoms with van der Waals surface area (Å²) in [4.78, 5) is 30.1. The van der Waals surface area contributed by atoms with Gasteiger partial charge in [-0.05, 0) is 43.0 Å². The van der Waals surface area contributed by atoms with Gasteiger partial charge < -0.3 is 9.88 Å². The van der Waals surface area contributed by atoms with Crippen LogP contribution >= 0.6 is 0 Å². The van der Waals surface area contributed by atoms with Gasteiger partial charge >= 0.3 is 0 Å². The van der Waals surface area contributed by atoms with E-state index in [2.05, 4.69) is 22.4 Å². The third-order valence-corrected chi connectivity index (χ3v) is 5.03. The summed E-state index contributed by atoms with van der Waals surface area (Å²) in [5.41, 5.74) is 3.57. The van der Waals surface area contributed by atoms with E-state index in [-0.39, 0.29) is 11.5 Å². The molecule has 0 fully saturated rings. The number of carbonyl (C=O) groups is 1. The topological polar surface area (TPSA) is 68.4 Å². The second-order valence-electron chi connectivity index (χ2n) is 6.97. The fourth-order valence-electron chi connectivity index (χ4n) is 3.48. The monoisotopic (exact) mass is 374 g/mol. The predicted molar refractivity (Wildman–Crippen MR) is 110 cm³/mol. The smallest absolute Gasteiger partial charge is 0.267 e. The van der Waals surface area contributed by atoms with Gasteiger partial charge in [0, 0.05) is 19.8 Å². The highest BCUT2D eigenvalue weighted by atomic mass is 16.2. The van der Waals surface area contributed by atoms with Crippen LogP contribution in [-0.4, -0.2) is 26.4 Å². The first-order valence-electron chi connectivity index (χ1n) is 9.36. The van der Waals surface area contributed by atoms with Gasteiger partial charge in [0.25, 0.3) is 11.5 Å². The Bertz CT molecular complexity index is 1220. The Balaban J connectivity index is 1.56. The molecule has 1 amide bonds. The number of carbonyl (C=O) groups excluding carboxylic acids is 1. The molecular formula is C22H22N4O2. The average Bonchev–Trinajstić information content (AvgIpc) is 3.04. The number of pyridine rings is 1. The maximum atomic E-state index is 12.8. The molecule has 1 aromatic carbocycles. The van der Waals surface area contributed by atoms with Crippen LogP contribution in [0.2, 0.25) is 0 Å². The minimum Gasteiger partial charge on any atom is -0.351 e. The second-order valence-corrected chi connectivity index (χ2v) is 6.97. The van der Waals surface area contributed by atoms with Gasteiger partial charge in [-0.15, -0.1) is 0 Å². The van der Waals surface area contributed by atoms with Crippen molar-refractivity contribution < 1.29 is 4.79 Å². The number of amides is 1. The molecule has 0 radical (unpaired) electrons. The SMILES string of the molecule is Cc1cccn2c(=O)c3cc(C(=O)NCCCc4ccccc4)n(C)c3nc12. The van der Waals surface area contributed by atoms with E-state index in [0.29, 0.717) is 28.9 Å². The summed E-state index contributed by atoms with van der Waals surface area (Å²) >= 11 is 0. The molecule has 28 heavy (non-hydrogen) atoms. The summed E-state index contributed by atoms with van der Waals surface area (Å²) in [6.45, 7) is 2.49. The second kappa shape index (κ2) is 7.31. The largest absolute Gasteiger partial charge is 0.351 e. The number of benzene rings is 1. The molecule has 3 heterocycles. The van der Waals surface area contributed by atoms with E-state index in [9.17, 15) is 9.59 Å². The Morgan fingerprint density at radius 1 is 1.11 bits per heavy atom. The number of aryl methyl sites for hydroxylation is 3. The van der Waals surface area contributed by atoms with E-state index in [4.69, 9.17) is 0 Å². The van der Waals surface area contributed by atoms with Crippen molar-refractivity contribution in [3.8, 4) is 0 Å². The summed E-state index contributed by atoms with van der Waals surface area (Å²) in [7, 11) is 1.77. The van der Waals surface area contributed by atoms with Crippen LogP contribution in [0.3, 0.4) is 0 Å². The first-order chi connectivity index (χ1) is 13.6. The molecule has 4 rings (SSSR count). The minimum absolute atomic E-state index is 0.164. The molecular weight excluding hydrogens is 352 g/mol. The highest BCUT2D eigenvalue weighted by Gasteiger charge is 2.17. The van der Waals surface area contributed by atoms with E-state index < -0.39 is 0 Å². The Morgan fingerprint density at radius 2 is 1.89 bits per heavy atom. The van der Waals surface area contributed by atoms with Crippen molar-refractivity contribution in [2.45, 2.75) is 19.8 Å². The standard InChI is InChI=1S/C22H22N4O2/c1-15-8-7-13-26-19(15)24-20-17(22(26)28)14-18(25(20)2)21(27)23-12-6-11-16-9-4-3-5-10-16/h3-5,7-10,13-14H,6,11-12H2,1-2H3,(H,23,27). The quantitative estimate of drug-likeness (QED) is 0.546. The molecule has 3 aromatic heterocycles. The molecule has 0 aliphatic rings. The van der Waals surface area contributed by atoms with E-state index in [1.807, 2.05) is 37.3 Å². The summed E-state index contributed by atoms with van der Waals surface area (Å²) in [6, 6.07) is 15.5. The number of hydrogen-bond acceptors (Lipinski definition) is 3. The summed E-state index contributed by atoms with van der Waals surface area (Å²) < 4.78 is 3.22. The molecule has 0 saturated carbocycles. The Labute approximate surface area is 162 Å². The summed E-state index contributed by atoms with van der Waals surface area (Å²) in [6.07, 6.45) is 3.46. The van der Waals surface area contributed by atoms with Crippen molar-refractivity contribution >= 4 is 22.6 Å². The van der Waals surface area contributed by atoms with Gasteiger partial charge in [0.15, 0.2) is 0 Å². The molecule has 0 saturated heterocycles. The zero-order valence-corrected chi connectivity index (χ0v) is 16.0. The van der Waals surface area contributed by atoms with Crippen molar-refractivity contribution in [2.75, 3.05) is 6.54 Å². The van der Waals surface area contributed by atoms with Gasteiger partial charge in [-0.25, -0.2) is 4.98 Å². The van der Waals surface area contributed by atoms with E-state index >= 15 is 0 Å². The number of rotatable bonds is 5. The van der Waals surface area contributed by atoms with Crippen LogP contribution in [0, 0.1) is 6.92 Å². The van der Waals surface area contributed by atoms with Gasteiger partial charge in [0.2, 0.25) is 0 Å². The van der Waals surface area contributed by atoms with Crippen LogP contribution in [0.25, 0.3) is 16.7 Å². The molecule has 0 aliphatic carbocycles. The van der Waals surface area contributed by atoms with Gasteiger partial charge in [-0.1, -0.05) is 36.4 Å². The first-order valence-corrected chi connectivity index (χ1v) is 9.36. The maximum Gasteiger partial charge on any atom is 0.267 e. The molecule has 1 N–H and O–H groups in total. The van der Waals surface area contributed by atoms with Crippen molar-refractivity contribution in [1.82, 2.24) is 19.3 Å². The van der Waals surface area contributed by atoms with Crippen LogP contribution in [0.4, 0.5) is 0 Å². The van der Waals surface area contributed by atoms with Crippen molar-refractivity contribution in [3.05, 3.63) is 81.9 Å². The molecule has 0 bridgehead atoms. The Hall–Kier alpha value is -3.41. The molecule has 0 atom stereocenters.